The quantitative estimate of drug-likeness (QED) is 0.586. The number of benzene rings is 2. The molecule has 0 bridgehead atoms. The van der Waals surface area contributed by atoms with Crippen LogP contribution in [0.15, 0.2) is 42.5 Å². The number of rotatable bonds is 7. The summed E-state index contributed by atoms with van der Waals surface area (Å²) in [7, 11) is 1.54. The van der Waals surface area contributed by atoms with E-state index in [-0.39, 0.29) is 23.7 Å². The van der Waals surface area contributed by atoms with Gasteiger partial charge in [0.25, 0.3) is 0 Å². The minimum Gasteiger partial charge on any atom is -0.497 e. The summed E-state index contributed by atoms with van der Waals surface area (Å²) in [4.78, 5) is 36.2. The van der Waals surface area contributed by atoms with E-state index >= 15 is 0 Å². The van der Waals surface area contributed by atoms with E-state index < -0.39 is 29.5 Å². The second-order valence-corrected chi connectivity index (χ2v) is 8.10. The second-order valence-electron chi connectivity index (χ2n) is 8.10. The van der Waals surface area contributed by atoms with Crippen LogP contribution >= 0.6 is 0 Å². The molecule has 0 aliphatic rings. The van der Waals surface area contributed by atoms with Crippen LogP contribution in [0.1, 0.15) is 45.7 Å². The van der Waals surface area contributed by atoms with Crippen molar-refractivity contribution >= 4 is 29.3 Å². The summed E-state index contributed by atoms with van der Waals surface area (Å²) >= 11 is 0. The van der Waals surface area contributed by atoms with Crippen molar-refractivity contribution in [2.24, 2.45) is 0 Å². The number of halogens is 1. The maximum absolute atomic E-state index is 14.1. The third kappa shape index (κ3) is 7.90. The predicted molar refractivity (Wildman–Crippen MR) is 119 cm³/mol. The fraction of sp³-hybridized carbons (Fsp3) is 0.348. The number of methoxy groups -OCH3 is 1. The predicted octanol–water partition coefficient (Wildman–Crippen LogP) is 4.39. The molecule has 0 fully saturated rings. The zero-order valence-corrected chi connectivity index (χ0v) is 18.7. The van der Waals surface area contributed by atoms with Crippen LogP contribution in [-0.4, -0.2) is 30.6 Å². The smallest absolute Gasteiger partial charge is 0.412 e. The molecule has 3 amide bonds. The van der Waals surface area contributed by atoms with Gasteiger partial charge in [0, 0.05) is 12.6 Å². The molecule has 8 nitrogen and oxygen atoms in total. The number of hydrogen-bond acceptors (Lipinski definition) is 5. The van der Waals surface area contributed by atoms with E-state index in [1.807, 2.05) is 0 Å². The molecule has 0 heterocycles. The zero-order chi connectivity index (χ0) is 23.9. The summed E-state index contributed by atoms with van der Waals surface area (Å²) in [5, 5.41) is 7.73. The van der Waals surface area contributed by atoms with Crippen LogP contribution in [-0.2, 0) is 14.3 Å². The molecule has 0 spiro atoms. The molecule has 2 aromatic rings. The number of carbonyl (C=O) groups is 3. The minimum absolute atomic E-state index is 0.0574. The minimum atomic E-state index is -0.815. The van der Waals surface area contributed by atoms with E-state index in [1.54, 1.807) is 52.1 Å². The Bertz CT molecular complexity index is 971. The molecule has 1 unspecified atom stereocenters. The Morgan fingerprint density at radius 1 is 1.03 bits per heavy atom. The van der Waals surface area contributed by atoms with E-state index in [0.29, 0.717) is 5.75 Å². The summed E-state index contributed by atoms with van der Waals surface area (Å²) in [5.41, 5.74) is 0.124. The molecule has 0 saturated carbocycles. The Balaban J connectivity index is 2.10. The fourth-order valence-corrected chi connectivity index (χ4v) is 2.84. The molecule has 1 atom stereocenters. The molecule has 9 heteroatoms. The highest BCUT2D eigenvalue weighted by molar-refractivity contribution is 5.93. The summed E-state index contributed by atoms with van der Waals surface area (Å²) in [6.45, 7) is 6.43. The zero-order valence-electron chi connectivity index (χ0n) is 18.7. The van der Waals surface area contributed by atoms with Gasteiger partial charge in [0.05, 0.1) is 25.3 Å². The van der Waals surface area contributed by atoms with E-state index in [2.05, 4.69) is 16.0 Å². The molecule has 3 N–H and O–H groups in total. The van der Waals surface area contributed by atoms with E-state index in [0.717, 1.165) is 11.6 Å². The number of hydrogen-bond donors (Lipinski definition) is 3. The van der Waals surface area contributed by atoms with Crippen LogP contribution in [0.5, 0.6) is 5.75 Å². The van der Waals surface area contributed by atoms with Crippen LogP contribution in [0.2, 0.25) is 0 Å². The number of carbonyl (C=O) groups excluding carboxylic acids is 3. The van der Waals surface area contributed by atoms with Gasteiger partial charge in [-0.05, 0) is 56.7 Å². The standard InChI is InChI=1S/C23H28FN3O5/c1-14(28)25-19(15-6-9-17(31-5)10-7-15)13-21(29)26-16-8-11-18(24)20(12-16)27-22(30)32-23(2,3)4/h6-12,19H,13H2,1-5H3,(H,25,28)(H,26,29)(H,27,30). The van der Waals surface area contributed by atoms with Crippen LogP contribution in [0, 0.1) is 5.82 Å². The van der Waals surface area contributed by atoms with Crippen molar-refractivity contribution in [3.8, 4) is 5.75 Å². The van der Waals surface area contributed by atoms with E-state index in [1.165, 1.54) is 19.1 Å². The number of nitrogens with one attached hydrogen (secondary N) is 3. The van der Waals surface area contributed by atoms with Gasteiger partial charge in [-0.25, -0.2) is 9.18 Å². The lowest BCUT2D eigenvalue weighted by molar-refractivity contribution is -0.120. The molecular weight excluding hydrogens is 417 g/mol. The van der Waals surface area contributed by atoms with Gasteiger partial charge in [0.15, 0.2) is 0 Å². The molecule has 0 aliphatic heterocycles. The van der Waals surface area contributed by atoms with Crippen molar-refractivity contribution in [1.29, 1.82) is 0 Å². The highest BCUT2D eigenvalue weighted by Gasteiger charge is 2.20. The highest BCUT2D eigenvalue weighted by Crippen LogP contribution is 2.23. The maximum Gasteiger partial charge on any atom is 0.412 e. The van der Waals surface area contributed by atoms with Gasteiger partial charge >= 0.3 is 6.09 Å². The molecule has 0 radical (unpaired) electrons. The van der Waals surface area contributed by atoms with Crippen LogP contribution in [0.3, 0.4) is 0 Å². The van der Waals surface area contributed by atoms with Crippen LogP contribution < -0.4 is 20.7 Å². The Kier molecular flexibility index (Phi) is 8.17. The topological polar surface area (TPSA) is 106 Å². The Labute approximate surface area is 186 Å². The maximum atomic E-state index is 14.1. The molecular formula is C23H28FN3O5. The molecule has 2 rings (SSSR count). The molecule has 0 saturated heterocycles. The van der Waals surface area contributed by atoms with Gasteiger partial charge in [-0.2, -0.15) is 0 Å². The summed E-state index contributed by atoms with van der Waals surface area (Å²) < 4.78 is 24.3. The van der Waals surface area contributed by atoms with Gasteiger partial charge in [-0.3, -0.25) is 14.9 Å². The molecule has 2 aromatic carbocycles. The lowest BCUT2D eigenvalue weighted by Gasteiger charge is -2.20. The highest BCUT2D eigenvalue weighted by atomic mass is 19.1. The average molecular weight is 445 g/mol. The largest absolute Gasteiger partial charge is 0.497 e. The van der Waals surface area contributed by atoms with Crippen molar-refractivity contribution in [2.75, 3.05) is 17.7 Å². The van der Waals surface area contributed by atoms with E-state index in [4.69, 9.17) is 9.47 Å². The summed E-state index contributed by atoms with van der Waals surface area (Å²) in [6, 6.07) is 10.2. The third-order valence-electron chi connectivity index (χ3n) is 4.17. The number of ether oxygens (including phenoxy) is 2. The first-order valence-electron chi connectivity index (χ1n) is 9.97. The van der Waals surface area contributed by atoms with Gasteiger partial charge in [-0.15, -0.1) is 0 Å². The summed E-state index contributed by atoms with van der Waals surface area (Å²) in [5.74, 6) is -0.724. The lowest BCUT2D eigenvalue weighted by Crippen LogP contribution is -2.29. The molecule has 0 aromatic heterocycles. The fourth-order valence-electron chi connectivity index (χ4n) is 2.84. The Morgan fingerprint density at radius 3 is 2.25 bits per heavy atom. The van der Waals surface area contributed by atoms with Crippen LogP contribution in [0.25, 0.3) is 0 Å². The van der Waals surface area contributed by atoms with E-state index in [9.17, 15) is 18.8 Å². The summed E-state index contributed by atoms with van der Waals surface area (Å²) in [6.07, 6.45) is -0.872. The molecule has 172 valence electrons. The number of anilines is 2. The van der Waals surface area contributed by atoms with Gasteiger partial charge in [0.2, 0.25) is 11.8 Å². The van der Waals surface area contributed by atoms with Gasteiger partial charge in [-0.1, -0.05) is 12.1 Å². The monoisotopic (exact) mass is 445 g/mol. The first kappa shape index (κ1) is 24.6. The van der Waals surface area contributed by atoms with Gasteiger partial charge in [0.1, 0.15) is 17.2 Å². The normalized spacial score (nSPS) is 11.8. The Hall–Kier alpha value is -3.62. The lowest BCUT2D eigenvalue weighted by atomic mass is 10.0. The average Bonchev–Trinajstić information content (AvgIpc) is 2.68. The third-order valence-corrected chi connectivity index (χ3v) is 4.17. The number of amides is 3. The van der Waals surface area contributed by atoms with Crippen molar-refractivity contribution in [2.45, 2.75) is 45.8 Å². The van der Waals surface area contributed by atoms with Crippen LogP contribution in [0.4, 0.5) is 20.6 Å². The SMILES string of the molecule is COc1ccc(C(CC(=O)Nc2ccc(F)c(NC(=O)OC(C)(C)C)c2)NC(C)=O)cc1. The van der Waals surface area contributed by atoms with Crippen molar-refractivity contribution in [3.63, 3.8) is 0 Å². The van der Waals surface area contributed by atoms with Gasteiger partial charge < -0.3 is 20.1 Å². The Morgan fingerprint density at radius 2 is 1.69 bits per heavy atom. The first-order chi connectivity index (χ1) is 15.0. The van der Waals surface area contributed by atoms with Crippen molar-refractivity contribution in [3.05, 3.63) is 53.8 Å². The first-order valence-corrected chi connectivity index (χ1v) is 9.97. The molecule has 0 aliphatic carbocycles. The van der Waals surface area contributed by atoms with Crippen molar-refractivity contribution in [1.82, 2.24) is 5.32 Å². The second kappa shape index (κ2) is 10.6. The van der Waals surface area contributed by atoms with Crippen molar-refractivity contribution < 1.29 is 28.2 Å². The molecule has 32 heavy (non-hydrogen) atoms.